The predicted molar refractivity (Wildman–Crippen MR) is 130 cm³/mol. The molecule has 4 amide bonds. The molecule has 5 atom stereocenters. The van der Waals surface area contributed by atoms with Gasteiger partial charge in [0, 0.05) is 17.9 Å². The smallest absolute Gasteiger partial charge is 0.370 e. The maximum Gasteiger partial charge on any atom is 0.471 e. The molecule has 1 aliphatic heterocycles. The second-order valence-electron chi connectivity index (χ2n) is 12.0. The highest BCUT2D eigenvalue weighted by atomic mass is 19.4. The van der Waals surface area contributed by atoms with Crippen LogP contribution in [0.3, 0.4) is 0 Å². The van der Waals surface area contributed by atoms with Gasteiger partial charge in [-0.3, -0.25) is 19.2 Å². The molecule has 1 aliphatic carbocycles. The van der Waals surface area contributed by atoms with E-state index in [2.05, 4.69) is 16.0 Å². The third-order valence-electron chi connectivity index (χ3n) is 6.41. The van der Waals surface area contributed by atoms with E-state index in [1.165, 1.54) is 6.92 Å². The number of ether oxygens (including phenoxy) is 1. The van der Waals surface area contributed by atoms with Crippen molar-refractivity contribution in [2.24, 2.45) is 5.92 Å². The highest BCUT2D eigenvalue weighted by molar-refractivity contribution is 5.93. The predicted octanol–water partition coefficient (Wildman–Crippen LogP) is 1.93. The molecule has 2 fully saturated rings. The van der Waals surface area contributed by atoms with E-state index in [9.17, 15) is 42.0 Å². The third-order valence-corrected chi connectivity index (χ3v) is 6.41. The van der Waals surface area contributed by atoms with Crippen molar-refractivity contribution >= 4 is 23.6 Å². The summed E-state index contributed by atoms with van der Waals surface area (Å²) in [7, 11) is 0. The molecule has 10 nitrogen and oxygen atoms in total. The molecule has 14 heteroatoms. The summed E-state index contributed by atoms with van der Waals surface area (Å²) in [6, 6.07) is -2.71. The van der Waals surface area contributed by atoms with Crippen LogP contribution in [0.15, 0.2) is 0 Å². The third kappa shape index (κ3) is 9.94. The standard InChI is InChI=1S/C25H37F4N5O5/c1-13(39-22(2,3)4)17(33-21(38)25(27,28)29)20(37)32-16(11-24(26)7-8-24)19(36)31-15(12-30)9-14-10-23(5,6)34-18(14)35/h13-17H,7-11H2,1-6H3,(H,31,36)(H,32,37)(H,33,38)(H,34,35)/t13?,14-,15+,16-,17?/m1/s1. The fourth-order valence-electron chi connectivity index (χ4n) is 4.51. The van der Waals surface area contributed by atoms with Gasteiger partial charge in [0.1, 0.15) is 23.8 Å². The summed E-state index contributed by atoms with van der Waals surface area (Å²) < 4.78 is 59.2. The molecular weight excluding hydrogens is 526 g/mol. The number of amides is 4. The Morgan fingerprint density at radius 2 is 1.72 bits per heavy atom. The molecule has 1 heterocycles. The maximum absolute atomic E-state index is 14.7. The summed E-state index contributed by atoms with van der Waals surface area (Å²) >= 11 is 0. The molecule has 4 N–H and O–H groups in total. The summed E-state index contributed by atoms with van der Waals surface area (Å²) in [5.74, 6) is -5.37. The van der Waals surface area contributed by atoms with Crippen molar-refractivity contribution in [3.63, 3.8) is 0 Å². The van der Waals surface area contributed by atoms with Crippen LogP contribution in [0.4, 0.5) is 17.6 Å². The van der Waals surface area contributed by atoms with Crippen LogP contribution in [0, 0.1) is 17.2 Å². The van der Waals surface area contributed by atoms with Crippen LogP contribution in [0.1, 0.15) is 73.6 Å². The van der Waals surface area contributed by atoms with Crippen LogP contribution in [0.5, 0.6) is 0 Å². The zero-order chi connectivity index (χ0) is 30.0. The number of nitrogens with zero attached hydrogens (tertiary/aromatic N) is 1. The minimum absolute atomic E-state index is 0.0281. The van der Waals surface area contributed by atoms with Crippen LogP contribution in [0.25, 0.3) is 0 Å². The minimum atomic E-state index is -5.30. The summed E-state index contributed by atoms with van der Waals surface area (Å²) in [4.78, 5) is 50.1. The Hall–Kier alpha value is -2.95. The Bertz CT molecular complexity index is 1000. The number of halogens is 4. The lowest BCUT2D eigenvalue weighted by atomic mass is 9.92. The fraction of sp³-hybridized carbons (Fsp3) is 0.800. The van der Waals surface area contributed by atoms with Crippen molar-refractivity contribution in [1.29, 1.82) is 5.26 Å². The number of nitriles is 1. The first-order chi connectivity index (χ1) is 17.6. The minimum Gasteiger partial charge on any atom is -0.370 e. The van der Waals surface area contributed by atoms with Crippen LogP contribution < -0.4 is 21.3 Å². The number of hydrogen-bond acceptors (Lipinski definition) is 6. The monoisotopic (exact) mass is 563 g/mol. The molecule has 220 valence electrons. The summed E-state index contributed by atoms with van der Waals surface area (Å²) in [5.41, 5.74) is -3.17. The zero-order valence-electron chi connectivity index (χ0n) is 22.9. The van der Waals surface area contributed by atoms with E-state index in [1.54, 1.807) is 26.1 Å². The molecule has 2 unspecified atom stereocenters. The van der Waals surface area contributed by atoms with Crippen LogP contribution in [0.2, 0.25) is 0 Å². The molecule has 0 bridgehead atoms. The van der Waals surface area contributed by atoms with Gasteiger partial charge in [0.15, 0.2) is 0 Å². The van der Waals surface area contributed by atoms with Gasteiger partial charge in [-0.1, -0.05) is 0 Å². The van der Waals surface area contributed by atoms with Crippen molar-refractivity contribution in [3.8, 4) is 6.07 Å². The van der Waals surface area contributed by atoms with Gasteiger partial charge in [0.05, 0.1) is 17.8 Å². The molecule has 0 radical (unpaired) electrons. The molecule has 2 rings (SSSR count). The van der Waals surface area contributed by atoms with Gasteiger partial charge in [-0.15, -0.1) is 0 Å². The first-order valence-electron chi connectivity index (χ1n) is 12.7. The number of carbonyl (C=O) groups is 4. The molecule has 0 spiro atoms. The van der Waals surface area contributed by atoms with Gasteiger partial charge in [0.25, 0.3) is 0 Å². The molecule has 0 aromatic heterocycles. The second kappa shape index (κ2) is 11.7. The lowest BCUT2D eigenvalue weighted by Gasteiger charge is -2.32. The van der Waals surface area contributed by atoms with Crippen molar-refractivity contribution < 1.29 is 41.5 Å². The Kier molecular flexibility index (Phi) is 9.64. The highest BCUT2D eigenvalue weighted by Gasteiger charge is 2.48. The van der Waals surface area contributed by atoms with Crippen molar-refractivity contribution in [2.75, 3.05) is 0 Å². The van der Waals surface area contributed by atoms with Crippen LogP contribution >= 0.6 is 0 Å². The number of rotatable bonds is 11. The van der Waals surface area contributed by atoms with E-state index in [0.29, 0.717) is 6.42 Å². The van der Waals surface area contributed by atoms with E-state index in [4.69, 9.17) is 4.74 Å². The summed E-state index contributed by atoms with van der Waals surface area (Å²) in [6.07, 6.45) is -6.44. The van der Waals surface area contributed by atoms with Crippen molar-refractivity contribution in [3.05, 3.63) is 0 Å². The number of alkyl halides is 4. The molecule has 1 saturated carbocycles. The Morgan fingerprint density at radius 3 is 2.15 bits per heavy atom. The highest BCUT2D eigenvalue weighted by Crippen LogP contribution is 2.43. The lowest BCUT2D eigenvalue weighted by molar-refractivity contribution is -0.176. The molecule has 0 aromatic rings. The molecule has 0 aromatic carbocycles. The van der Waals surface area contributed by atoms with Crippen molar-refractivity contribution in [2.45, 2.75) is 121 Å². The number of nitrogens with one attached hydrogen (secondary N) is 4. The first kappa shape index (κ1) is 32.3. The Morgan fingerprint density at radius 1 is 1.13 bits per heavy atom. The largest absolute Gasteiger partial charge is 0.471 e. The average Bonchev–Trinajstić information content (AvgIpc) is 3.42. The second-order valence-corrected chi connectivity index (χ2v) is 12.0. The average molecular weight is 564 g/mol. The maximum atomic E-state index is 14.7. The van der Waals surface area contributed by atoms with Gasteiger partial charge in [0.2, 0.25) is 17.7 Å². The number of carbonyl (C=O) groups excluding carboxylic acids is 4. The van der Waals surface area contributed by atoms with Crippen LogP contribution in [-0.2, 0) is 23.9 Å². The van der Waals surface area contributed by atoms with Gasteiger partial charge < -0.3 is 26.0 Å². The lowest BCUT2D eigenvalue weighted by Crippen LogP contribution is -2.60. The molecule has 39 heavy (non-hydrogen) atoms. The van der Waals surface area contributed by atoms with Gasteiger partial charge in [-0.25, -0.2) is 4.39 Å². The Balaban J connectivity index is 2.21. The quantitative estimate of drug-likeness (QED) is 0.282. The fourth-order valence-corrected chi connectivity index (χ4v) is 4.51. The number of hydrogen-bond donors (Lipinski definition) is 4. The zero-order valence-corrected chi connectivity index (χ0v) is 22.9. The van der Waals surface area contributed by atoms with E-state index < -0.39 is 77.3 Å². The van der Waals surface area contributed by atoms with E-state index in [1.807, 2.05) is 19.9 Å². The van der Waals surface area contributed by atoms with Crippen molar-refractivity contribution in [1.82, 2.24) is 21.3 Å². The van der Waals surface area contributed by atoms with Gasteiger partial charge in [-0.05, 0) is 67.2 Å². The van der Waals surface area contributed by atoms with E-state index >= 15 is 0 Å². The van der Waals surface area contributed by atoms with Crippen LogP contribution in [-0.4, -0.2) is 70.8 Å². The Labute approximate surface area is 225 Å². The normalized spacial score (nSPS) is 22.9. The van der Waals surface area contributed by atoms with E-state index in [0.717, 1.165) is 0 Å². The SMILES string of the molecule is CC(OC(C)(C)C)C(NC(=O)C(F)(F)F)C(=O)N[C@H](CC1(F)CC1)C(=O)N[C@H](C#N)C[C@@H]1CC(C)(C)NC1=O. The summed E-state index contributed by atoms with van der Waals surface area (Å²) in [5, 5.41) is 18.6. The van der Waals surface area contributed by atoms with Gasteiger partial charge in [-0.2, -0.15) is 18.4 Å². The molecule has 2 aliphatic rings. The first-order valence-corrected chi connectivity index (χ1v) is 12.7. The topological polar surface area (TPSA) is 149 Å². The van der Waals surface area contributed by atoms with E-state index in [-0.39, 0.29) is 25.2 Å². The van der Waals surface area contributed by atoms with Gasteiger partial charge >= 0.3 is 12.1 Å². The summed E-state index contributed by atoms with van der Waals surface area (Å²) in [6.45, 7) is 9.67. The molecular formula is C25H37F4N5O5. The molecule has 1 saturated heterocycles.